The molecule has 0 N–H and O–H groups in total. The Morgan fingerprint density at radius 2 is 1.94 bits per heavy atom. The number of nitrogens with zero attached hydrogens (tertiary/aromatic N) is 3. The second-order valence-corrected chi connectivity index (χ2v) is 6.26. The molecule has 0 aromatic carbocycles. The molecule has 0 fully saturated rings. The fourth-order valence-electron chi connectivity index (χ4n) is 1.37. The van der Waals surface area contributed by atoms with Crippen molar-refractivity contribution >= 4 is 11.3 Å². The zero-order chi connectivity index (χ0) is 12.5. The van der Waals surface area contributed by atoms with Crippen molar-refractivity contribution in [2.75, 3.05) is 0 Å². The van der Waals surface area contributed by atoms with Gasteiger partial charge in [0.15, 0.2) is 5.01 Å². The first-order valence-corrected chi connectivity index (χ1v) is 6.55. The molecule has 1 unspecified atom stereocenters. The summed E-state index contributed by atoms with van der Waals surface area (Å²) in [6.45, 7) is 8.86. The smallest absolute Gasteiger partial charge is 0.166 e. The van der Waals surface area contributed by atoms with E-state index in [0.717, 1.165) is 15.7 Å². The van der Waals surface area contributed by atoms with Crippen molar-refractivity contribution in [1.82, 2.24) is 15.2 Å². The predicted molar refractivity (Wildman–Crippen MR) is 71.0 cm³/mol. The van der Waals surface area contributed by atoms with Crippen LogP contribution in [-0.4, -0.2) is 15.2 Å². The first-order valence-electron chi connectivity index (χ1n) is 5.73. The lowest BCUT2D eigenvalue weighted by Crippen LogP contribution is -2.14. The number of rotatable bonds is 2. The highest BCUT2D eigenvalue weighted by Gasteiger charge is 2.25. The molecule has 0 saturated heterocycles. The fraction of sp³-hybridized carbons (Fsp3) is 0.462. The van der Waals surface area contributed by atoms with Gasteiger partial charge in [-0.25, -0.2) is 0 Å². The Hall–Kier alpha value is -1.29. The molecule has 0 bridgehead atoms. The Bertz CT molecular complexity index is 485. The molecule has 0 aliphatic rings. The molecule has 3 nitrogen and oxygen atoms in total. The summed E-state index contributed by atoms with van der Waals surface area (Å²) in [5, 5.41) is 10.5. The van der Waals surface area contributed by atoms with Crippen LogP contribution in [-0.2, 0) is 0 Å². The van der Waals surface area contributed by atoms with Gasteiger partial charge in [0.05, 0.1) is 0 Å². The Kier molecular flexibility index (Phi) is 3.24. The van der Waals surface area contributed by atoms with E-state index in [2.05, 4.69) is 42.9 Å². The molecule has 1 atom stereocenters. The highest BCUT2D eigenvalue weighted by atomic mass is 32.1. The van der Waals surface area contributed by atoms with E-state index in [9.17, 15) is 0 Å². The van der Waals surface area contributed by atoms with Crippen molar-refractivity contribution in [1.29, 1.82) is 0 Å². The molecule has 17 heavy (non-hydrogen) atoms. The van der Waals surface area contributed by atoms with Crippen LogP contribution in [0.15, 0.2) is 24.4 Å². The van der Waals surface area contributed by atoms with Crippen LogP contribution in [0.25, 0.3) is 10.7 Å². The van der Waals surface area contributed by atoms with E-state index < -0.39 is 0 Å². The summed E-state index contributed by atoms with van der Waals surface area (Å²) in [7, 11) is 0. The molecule has 4 heteroatoms. The molecule has 0 aliphatic carbocycles. The minimum absolute atomic E-state index is 0.209. The summed E-state index contributed by atoms with van der Waals surface area (Å²) >= 11 is 1.64. The van der Waals surface area contributed by atoms with Crippen LogP contribution in [0.2, 0.25) is 0 Å². The maximum absolute atomic E-state index is 4.29. The van der Waals surface area contributed by atoms with Gasteiger partial charge in [0.1, 0.15) is 10.7 Å². The monoisotopic (exact) mass is 247 g/mol. The summed E-state index contributed by atoms with van der Waals surface area (Å²) in [6, 6.07) is 5.84. The van der Waals surface area contributed by atoms with Crippen molar-refractivity contribution < 1.29 is 0 Å². The van der Waals surface area contributed by atoms with Crippen LogP contribution in [0.5, 0.6) is 0 Å². The third kappa shape index (κ3) is 2.69. The van der Waals surface area contributed by atoms with Crippen molar-refractivity contribution in [2.45, 2.75) is 33.6 Å². The second-order valence-electron chi connectivity index (χ2n) is 5.25. The maximum Gasteiger partial charge on any atom is 0.166 e. The van der Waals surface area contributed by atoms with Gasteiger partial charge in [0.25, 0.3) is 0 Å². The second kappa shape index (κ2) is 4.53. The molecular weight excluding hydrogens is 230 g/mol. The summed E-state index contributed by atoms with van der Waals surface area (Å²) in [5.41, 5.74) is 1.11. The third-order valence-electron chi connectivity index (χ3n) is 2.99. The van der Waals surface area contributed by atoms with Gasteiger partial charge in [-0.2, -0.15) is 0 Å². The summed E-state index contributed by atoms with van der Waals surface area (Å²) in [6.07, 6.45) is 1.78. The van der Waals surface area contributed by atoms with Crippen LogP contribution in [0.4, 0.5) is 0 Å². The maximum atomic E-state index is 4.29. The van der Waals surface area contributed by atoms with E-state index in [0.29, 0.717) is 5.92 Å². The minimum atomic E-state index is 0.209. The number of pyridine rings is 1. The lowest BCUT2D eigenvalue weighted by atomic mass is 9.83. The molecular formula is C13H17N3S. The van der Waals surface area contributed by atoms with Gasteiger partial charge in [0, 0.05) is 12.1 Å². The normalized spacial score (nSPS) is 13.6. The Labute approximate surface area is 106 Å². The van der Waals surface area contributed by atoms with E-state index in [1.165, 1.54) is 0 Å². The lowest BCUT2D eigenvalue weighted by molar-refractivity contribution is 0.337. The average molecular weight is 247 g/mol. The topological polar surface area (TPSA) is 38.7 Å². The largest absolute Gasteiger partial charge is 0.254 e. The third-order valence-corrected chi connectivity index (χ3v) is 4.12. The van der Waals surface area contributed by atoms with Crippen LogP contribution in [0.1, 0.15) is 38.6 Å². The van der Waals surface area contributed by atoms with E-state index >= 15 is 0 Å². The number of aromatic nitrogens is 3. The zero-order valence-electron chi connectivity index (χ0n) is 10.6. The Morgan fingerprint density at radius 3 is 2.53 bits per heavy atom. The zero-order valence-corrected chi connectivity index (χ0v) is 11.5. The molecule has 2 heterocycles. The van der Waals surface area contributed by atoms with Gasteiger partial charge >= 0.3 is 0 Å². The molecule has 0 spiro atoms. The van der Waals surface area contributed by atoms with Gasteiger partial charge < -0.3 is 0 Å². The molecule has 0 saturated carbocycles. The lowest BCUT2D eigenvalue weighted by Gasteiger charge is -2.24. The van der Waals surface area contributed by atoms with Crippen molar-refractivity contribution in [3.05, 3.63) is 29.4 Å². The van der Waals surface area contributed by atoms with Crippen LogP contribution >= 0.6 is 11.3 Å². The van der Waals surface area contributed by atoms with E-state index in [1.54, 1.807) is 17.5 Å². The molecule has 2 rings (SSSR count). The molecule has 0 radical (unpaired) electrons. The van der Waals surface area contributed by atoms with Gasteiger partial charge in [0.2, 0.25) is 0 Å². The molecule has 0 aliphatic heterocycles. The van der Waals surface area contributed by atoms with Gasteiger partial charge in [-0.3, -0.25) is 4.98 Å². The molecule has 2 aromatic heterocycles. The van der Waals surface area contributed by atoms with Gasteiger partial charge in [-0.1, -0.05) is 45.1 Å². The summed E-state index contributed by atoms with van der Waals surface area (Å²) in [5.74, 6) is 0.400. The predicted octanol–water partition coefficient (Wildman–Crippen LogP) is 3.75. The van der Waals surface area contributed by atoms with Crippen LogP contribution in [0.3, 0.4) is 0 Å². The highest BCUT2D eigenvalue weighted by Crippen LogP contribution is 2.37. The van der Waals surface area contributed by atoms with Gasteiger partial charge in [-0.15, -0.1) is 10.2 Å². The Morgan fingerprint density at radius 1 is 1.18 bits per heavy atom. The number of hydrogen-bond acceptors (Lipinski definition) is 4. The first kappa shape index (κ1) is 12.2. The van der Waals surface area contributed by atoms with Crippen LogP contribution in [0, 0.1) is 5.41 Å². The quantitative estimate of drug-likeness (QED) is 0.811. The van der Waals surface area contributed by atoms with Crippen molar-refractivity contribution in [3.8, 4) is 10.7 Å². The molecule has 90 valence electrons. The summed E-state index contributed by atoms with van der Waals surface area (Å²) < 4.78 is 0. The fourth-order valence-corrected chi connectivity index (χ4v) is 2.49. The Balaban J connectivity index is 2.28. The SMILES string of the molecule is CC(c1nnc(-c2ccccn2)s1)C(C)(C)C. The van der Waals surface area contributed by atoms with Crippen molar-refractivity contribution in [3.63, 3.8) is 0 Å². The van der Waals surface area contributed by atoms with E-state index in [1.807, 2.05) is 18.2 Å². The molecule has 0 amide bonds. The standard InChI is InChI=1S/C13H17N3S/c1-9(13(2,3)4)11-15-16-12(17-11)10-7-5-6-8-14-10/h5-9H,1-4H3. The van der Waals surface area contributed by atoms with Gasteiger partial charge in [-0.05, 0) is 17.5 Å². The van der Waals surface area contributed by atoms with E-state index in [4.69, 9.17) is 0 Å². The highest BCUT2D eigenvalue weighted by molar-refractivity contribution is 7.14. The minimum Gasteiger partial charge on any atom is -0.254 e. The van der Waals surface area contributed by atoms with Crippen LogP contribution < -0.4 is 0 Å². The van der Waals surface area contributed by atoms with E-state index in [-0.39, 0.29) is 5.41 Å². The number of hydrogen-bond donors (Lipinski definition) is 0. The average Bonchev–Trinajstić information content (AvgIpc) is 2.77. The summed E-state index contributed by atoms with van der Waals surface area (Å²) in [4.78, 5) is 4.29. The first-order chi connectivity index (χ1) is 7.98. The van der Waals surface area contributed by atoms with Crippen molar-refractivity contribution in [2.24, 2.45) is 5.41 Å². The molecule has 2 aromatic rings.